The first-order valence-corrected chi connectivity index (χ1v) is 38.3. The van der Waals surface area contributed by atoms with E-state index in [1.54, 1.807) is 44.0 Å². The van der Waals surface area contributed by atoms with E-state index in [4.69, 9.17) is 16.3 Å². The lowest BCUT2D eigenvalue weighted by Gasteiger charge is -2.22. The third-order valence-corrected chi connectivity index (χ3v) is 25.6. The maximum atomic E-state index is 13.9. The fourth-order valence-corrected chi connectivity index (χ4v) is 18.2. The minimum atomic E-state index is -4.32. The van der Waals surface area contributed by atoms with Crippen LogP contribution in [-0.2, 0) is 38.3 Å². The molecular formula is C91H81ClF4OS4. The van der Waals surface area contributed by atoms with Crippen LogP contribution in [-0.4, -0.2) is 7.11 Å². The van der Waals surface area contributed by atoms with Gasteiger partial charge in [0, 0.05) is 67.9 Å². The van der Waals surface area contributed by atoms with Crippen LogP contribution in [0.25, 0.3) is 0 Å². The van der Waals surface area contributed by atoms with Crippen molar-refractivity contribution in [2.24, 2.45) is 0 Å². The number of halogens is 5. The van der Waals surface area contributed by atoms with Crippen LogP contribution >= 0.6 is 58.6 Å². The minimum Gasteiger partial charge on any atom is -0.496 e. The standard InChI is InChI=1S/C24H24OS.C23H19F3S.C22H19ClS.C22H19FS/c1-4-17-9-10-19(15-22(17)25-3)16(2)18-11-12-24-21(13-18)14-20-7-5-6-8-23(20)26-24;1-14-7-8-17(13-20(14)23(24,25)26)15(2)16-9-10-22-19(11-16)12-18-5-3-4-6-21(18)27-22;2*1-14-7-8-17(13-20(14)23)15(2)16-9-10-22-19(11-16)12-18-5-3-4-6-21(18)24-22/h5-13,15-16H,4,14H2,1-3H3;3-11,13,15H,12H2,1-2H3;2*3-11,13,15H,12H2,1-2H3. The number of benzene rings is 12. The van der Waals surface area contributed by atoms with Gasteiger partial charge < -0.3 is 4.74 Å². The van der Waals surface area contributed by atoms with Gasteiger partial charge >= 0.3 is 6.18 Å². The zero-order valence-electron chi connectivity index (χ0n) is 58.4. The van der Waals surface area contributed by atoms with E-state index in [1.165, 1.54) is 130 Å². The summed E-state index contributed by atoms with van der Waals surface area (Å²) in [5.41, 5.74) is 23.2. The Hall–Kier alpha value is -8.15. The highest BCUT2D eigenvalue weighted by Crippen LogP contribution is 2.46. The molecule has 10 heteroatoms. The van der Waals surface area contributed by atoms with Crippen molar-refractivity contribution in [1.82, 2.24) is 0 Å². The normalized spacial score (nSPS) is 14.0. The third-order valence-electron chi connectivity index (χ3n) is 20.3. The number of fused-ring (bicyclic) bond motifs is 8. The first kappa shape index (κ1) is 71.3. The number of ether oxygens (including phenoxy) is 1. The van der Waals surface area contributed by atoms with Crippen LogP contribution in [0.3, 0.4) is 0 Å². The molecule has 4 aliphatic heterocycles. The Morgan fingerprint density at radius 3 is 1.00 bits per heavy atom. The molecule has 4 unspecified atom stereocenters. The fraction of sp³-hybridized carbons (Fsp3) is 0.209. The van der Waals surface area contributed by atoms with E-state index < -0.39 is 11.7 Å². The summed E-state index contributed by atoms with van der Waals surface area (Å²) in [6.45, 7) is 16.2. The van der Waals surface area contributed by atoms with Crippen molar-refractivity contribution in [2.75, 3.05) is 7.11 Å². The van der Waals surface area contributed by atoms with Crippen LogP contribution in [0.1, 0.15) is 175 Å². The highest BCUT2D eigenvalue weighted by molar-refractivity contribution is 8.00. The van der Waals surface area contributed by atoms with Gasteiger partial charge in [0.15, 0.2) is 0 Å². The minimum absolute atomic E-state index is 0.0980. The second-order valence-electron chi connectivity index (χ2n) is 26.9. The second kappa shape index (κ2) is 31.2. The summed E-state index contributed by atoms with van der Waals surface area (Å²) in [6.07, 6.45) is 0.552. The number of aryl methyl sites for hydroxylation is 4. The molecule has 0 aromatic heterocycles. The fourth-order valence-electron chi connectivity index (χ4n) is 13.8. The number of hydrogen-bond acceptors (Lipinski definition) is 5. The third kappa shape index (κ3) is 16.2. The summed E-state index contributed by atoms with van der Waals surface area (Å²) in [5.74, 6) is 1.66. The number of rotatable bonds is 10. The van der Waals surface area contributed by atoms with E-state index in [2.05, 4.69) is 216 Å². The Bertz CT molecular complexity index is 4880. The van der Waals surface area contributed by atoms with Crippen LogP contribution < -0.4 is 4.74 Å². The first-order valence-electron chi connectivity index (χ1n) is 34.7. The van der Waals surface area contributed by atoms with Gasteiger partial charge in [-0.2, -0.15) is 13.2 Å². The topological polar surface area (TPSA) is 9.23 Å². The van der Waals surface area contributed by atoms with E-state index >= 15 is 0 Å². The molecular weight excluding hydrogens is 1350 g/mol. The molecule has 4 atom stereocenters. The van der Waals surface area contributed by atoms with Gasteiger partial charge in [-0.05, 0) is 237 Å². The molecule has 4 heterocycles. The van der Waals surface area contributed by atoms with Gasteiger partial charge in [-0.3, -0.25) is 0 Å². The molecule has 510 valence electrons. The van der Waals surface area contributed by atoms with E-state index in [1.807, 2.05) is 79.5 Å². The van der Waals surface area contributed by atoms with Crippen molar-refractivity contribution < 1.29 is 22.3 Å². The summed E-state index contributed by atoms with van der Waals surface area (Å²) >= 11 is 13.7. The molecule has 1 nitrogen and oxygen atoms in total. The van der Waals surface area contributed by atoms with Gasteiger partial charge in [-0.15, -0.1) is 0 Å². The zero-order valence-corrected chi connectivity index (χ0v) is 62.4. The van der Waals surface area contributed by atoms with Crippen molar-refractivity contribution in [3.63, 3.8) is 0 Å². The van der Waals surface area contributed by atoms with Crippen LogP contribution in [0, 0.1) is 26.6 Å². The Morgan fingerprint density at radius 1 is 0.356 bits per heavy atom. The van der Waals surface area contributed by atoms with Gasteiger partial charge in [0.05, 0.1) is 12.7 Å². The lowest BCUT2D eigenvalue weighted by Crippen LogP contribution is -2.09. The van der Waals surface area contributed by atoms with Crippen LogP contribution in [0.5, 0.6) is 5.75 Å². The predicted molar refractivity (Wildman–Crippen MR) is 415 cm³/mol. The van der Waals surface area contributed by atoms with E-state index in [0.29, 0.717) is 23.0 Å². The van der Waals surface area contributed by atoms with E-state index in [0.717, 1.165) is 59.6 Å². The average Bonchev–Trinajstić information content (AvgIpc) is 0.807. The predicted octanol–water partition coefficient (Wildman–Crippen LogP) is 26.9. The summed E-state index contributed by atoms with van der Waals surface area (Å²) in [6, 6.07) is 84.5. The molecule has 0 radical (unpaired) electrons. The Morgan fingerprint density at radius 2 is 0.653 bits per heavy atom. The SMILES string of the molecule is CCc1ccc(C(C)c2ccc3c(c2)Cc2ccccc2S3)cc1OC.Cc1ccc(C(C)c2ccc3c(c2)Cc2ccccc2S3)cc1C(F)(F)F.Cc1ccc(C(C)c2ccc3c(c2)Cc2ccccc2S3)cc1Cl.Cc1ccc(C(C)c2ccc3c(c2)Cc2ccccc2S3)cc1F. The highest BCUT2D eigenvalue weighted by atomic mass is 35.5. The summed E-state index contributed by atoms with van der Waals surface area (Å²) in [7, 11) is 1.76. The molecule has 12 aromatic carbocycles. The van der Waals surface area contributed by atoms with Crippen LogP contribution in [0.15, 0.2) is 282 Å². The Balaban J connectivity index is 0.000000121. The van der Waals surface area contributed by atoms with Crippen LogP contribution in [0.2, 0.25) is 5.02 Å². The van der Waals surface area contributed by atoms with Crippen LogP contribution in [0.4, 0.5) is 17.6 Å². The van der Waals surface area contributed by atoms with Crippen molar-refractivity contribution in [2.45, 2.75) is 157 Å². The lowest BCUT2D eigenvalue weighted by molar-refractivity contribution is -0.138. The molecule has 16 rings (SSSR count). The number of hydrogen-bond donors (Lipinski definition) is 0. The summed E-state index contributed by atoms with van der Waals surface area (Å²) in [4.78, 5) is 10.7. The van der Waals surface area contributed by atoms with Crippen molar-refractivity contribution in [3.05, 3.63) is 370 Å². The summed E-state index contributed by atoms with van der Waals surface area (Å²) < 4.78 is 59.3. The zero-order chi connectivity index (χ0) is 70.6. The van der Waals surface area contributed by atoms with Gasteiger partial charge in [0.25, 0.3) is 0 Å². The molecule has 0 aliphatic carbocycles. The maximum absolute atomic E-state index is 13.9. The van der Waals surface area contributed by atoms with Gasteiger partial charge in [0.2, 0.25) is 0 Å². The molecule has 0 spiro atoms. The number of alkyl halides is 3. The molecule has 0 saturated carbocycles. The van der Waals surface area contributed by atoms with Gasteiger partial charge in [-0.25, -0.2) is 4.39 Å². The maximum Gasteiger partial charge on any atom is 0.416 e. The second-order valence-corrected chi connectivity index (χ2v) is 31.7. The Kier molecular flexibility index (Phi) is 22.0. The quantitative estimate of drug-likeness (QED) is 0.126. The molecule has 0 fully saturated rings. The molecule has 0 bridgehead atoms. The molecule has 4 aliphatic rings. The molecule has 0 N–H and O–H groups in total. The van der Waals surface area contributed by atoms with E-state index in [-0.39, 0.29) is 23.2 Å². The monoisotopic (exact) mass is 1430 g/mol. The van der Waals surface area contributed by atoms with Gasteiger partial charge in [0.1, 0.15) is 11.6 Å². The van der Waals surface area contributed by atoms with Crippen molar-refractivity contribution in [3.8, 4) is 5.75 Å². The van der Waals surface area contributed by atoms with Crippen molar-refractivity contribution >= 4 is 58.6 Å². The van der Waals surface area contributed by atoms with E-state index in [9.17, 15) is 17.6 Å². The van der Waals surface area contributed by atoms with Crippen molar-refractivity contribution in [1.29, 1.82) is 0 Å². The molecule has 0 saturated heterocycles. The average molecular weight is 1430 g/mol. The largest absolute Gasteiger partial charge is 0.496 e. The Labute approximate surface area is 616 Å². The molecule has 0 amide bonds. The smallest absolute Gasteiger partial charge is 0.416 e. The summed E-state index contributed by atoms with van der Waals surface area (Å²) in [5, 5.41) is 0.849. The molecule has 101 heavy (non-hydrogen) atoms. The first-order chi connectivity index (χ1) is 48.7. The molecule has 12 aromatic rings. The number of methoxy groups -OCH3 is 1. The van der Waals surface area contributed by atoms with Gasteiger partial charge in [-0.1, -0.05) is 263 Å². The lowest BCUT2D eigenvalue weighted by atomic mass is 9.89. The highest BCUT2D eigenvalue weighted by Gasteiger charge is 2.33.